The van der Waals surface area contributed by atoms with Crippen molar-refractivity contribution in [1.82, 2.24) is 20.2 Å². The third kappa shape index (κ3) is 6.46. The van der Waals surface area contributed by atoms with Crippen molar-refractivity contribution in [3.05, 3.63) is 46.9 Å². The van der Waals surface area contributed by atoms with E-state index in [1.807, 2.05) is 18.7 Å². The van der Waals surface area contributed by atoms with E-state index in [1.54, 1.807) is 13.4 Å². The van der Waals surface area contributed by atoms with Gasteiger partial charge in [0.25, 0.3) is 5.91 Å². The summed E-state index contributed by atoms with van der Waals surface area (Å²) in [4.78, 5) is 24.4. The Labute approximate surface area is 226 Å². The maximum atomic E-state index is 13.4. The van der Waals surface area contributed by atoms with Gasteiger partial charge in [-0.3, -0.25) is 4.79 Å². The molecule has 208 valence electrons. The van der Waals surface area contributed by atoms with Gasteiger partial charge in [0, 0.05) is 56.1 Å². The minimum absolute atomic E-state index is 0.0383. The Kier molecular flexibility index (Phi) is 9.12. The summed E-state index contributed by atoms with van der Waals surface area (Å²) in [5.74, 6) is 3.36. The summed E-state index contributed by atoms with van der Waals surface area (Å²) in [6.45, 7) is 6.94. The van der Waals surface area contributed by atoms with Crippen molar-refractivity contribution in [3.63, 3.8) is 0 Å². The lowest BCUT2D eigenvalue weighted by Crippen LogP contribution is -2.54. The monoisotopic (exact) mass is 524 g/mol. The fraction of sp³-hybridized carbons (Fsp3) is 0.700. The Bertz CT molecular complexity index is 1060. The number of rotatable bonds is 8. The Morgan fingerprint density at radius 3 is 2.74 bits per heavy atom. The molecule has 3 fully saturated rings. The second-order valence-electron chi connectivity index (χ2n) is 11.5. The molecule has 1 amide bonds. The van der Waals surface area contributed by atoms with E-state index in [-0.39, 0.29) is 12.0 Å². The second kappa shape index (κ2) is 12.7. The van der Waals surface area contributed by atoms with Crippen LogP contribution in [0, 0.1) is 19.8 Å². The van der Waals surface area contributed by atoms with Gasteiger partial charge in [-0.1, -0.05) is 12.8 Å². The maximum Gasteiger partial charge on any atom is 0.272 e. The first-order valence-corrected chi connectivity index (χ1v) is 14.5. The van der Waals surface area contributed by atoms with Crippen molar-refractivity contribution < 1.29 is 18.7 Å². The molecule has 4 atom stereocenters. The number of piperidine rings is 1. The van der Waals surface area contributed by atoms with E-state index >= 15 is 0 Å². The number of carbonyl (C=O) groups is 1. The van der Waals surface area contributed by atoms with Crippen LogP contribution in [0.3, 0.4) is 0 Å². The molecule has 0 unspecified atom stereocenters. The van der Waals surface area contributed by atoms with Gasteiger partial charge < -0.3 is 24.1 Å². The van der Waals surface area contributed by atoms with Crippen molar-refractivity contribution >= 4 is 5.91 Å². The Morgan fingerprint density at radius 2 is 1.97 bits per heavy atom. The second-order valence-corrected chi connectivity index (χ2v) is 11.5. The van der Waals surface area contributed by atoms with E-state index in [2.05, 4.69) is 27.4 Å². The van der Waals surface area contributed by atoms with Crippen LogP contribution in [0.25, 0.3) is 0 Å². The van der Waals surface area contributed by atoms with Crippen molar-refractivity contribution in [3.8, 4) is 0 Å². The molecular weight excluding hydrogens is 480 g/mol. The number of aryl methyl sites for hydroxylation is 2. The Hall–Kier alpha value is -2.29. The number of furan rings is 1. The largest absolute Gasteiger partial charge is 0.466 e. The number of hydrogen-bond acceptors (Lipinski definition) is 7. The topological polar surface area (TPSA) is 89.7 Å². The lowest BCUT2D eigenvalue weighted by Gasteiger charge is -2.38. The molecule has 8 nitrogen and oxygen atoms in total. The summed E-state index contributed by atoms with van der Waals surface area (Å²) in [5, 5.41) is 3.77. The summed E-state index contributed by atoms with van der Waals surface area (Å²) in [7, 11) is 1.75. The smallest absolute Gasteiger partial charge is 0.272 e. The van der Waals surface area contributed by atoms with Crippen LogP contribution in [0.2, 0.25) is 0 Å². The summed E-state index contributed by atoms with van der Waals surface area (Å²) in [6.07, 6.45) is 11.4. The normalized spacial score (nSPS) is 27.0. The first-order chi connectivity index (χ1) is 18.5. The molecule has 4 heterocycles. The third-order valence-corrected chi connectivity index (χ3v) is 8.97. The number of methoxy groups -OCH3 is 1. The van der Waals surface area contributed by atoms with Gasteiger partial charge in [0.05, 0.1) is 12.7 Å². The van der Waals surface area contributed by atoms with Gasteiger partial charge in [0.2, 0.25) is 0 Å². The van der Waals surface area contributed by atoms with Crippen LogP contribution in [0.15, 0.2) is 22.9 Å². The molecule has 1 N–H and O–H groups in total. The third-order valence-electron chi connectivity index (χ3n) is 8.97. The standard InChI is InChI=1S/C30H44N4O4/c1-20-7-10-27(38-20)23-6-4-5-22(17-23)8-9-25-21(2)29(32-19-31-25)30(35)34-14-11-24(12-15-34)33-26-13-16-37-18-28(26)36-3/h7,10,19,22-24,26,28,33H,4-6,8-9,11-18H2,1-3H3/t22-,23-,26+,28-/m1/s1. The number of hydrogen-bond donors (Lipinski definition) is 1. The van der Waals surface area contributed by atoms with Gasteiger partial charge in [0.1, 0.15) is 23.5 Å². The van der Waals surface area contributed by atoms with Crippen LogP contribution < -0.4 is 5.32 Å². The minimum Gasteiger partial charge on any atom is -0.466 e. The minimum atomic E-state index is 0.0383. The first kappa shape index (κ1) is 27.3. The average Bonchev–Trinajstić information content (AvgIpc) is 3.39. The van der Waals surface area contributed by atoms with Crippen molar-refractivity contribution in [2.75, 3.05) is 33.4 Å². The molecule has 2 aromatic heterocycles. The van der Waals surface area contributed by atoms with Crippen LogP contribution in [0.1, 0.15) is 90.6 Å². The fourth-order valence-corrected chi connectivity index (χ4v) is 6.62. The number of ether oxygens (including phenoxy) is 2. The van der Waals surface area contributed by atoms with Crippen molar-refractivity contribution in [2.45, 2.75) is 95.7 Å². The zero-order valence-electron chi connectivity index (χ0n) is 23.3. The van der Waals surface area contributed by atoms with Gasteiger partial charge in [0.15, 0.2) is 0 Å². The Morgan fingerprint density at radius 1 is 1.13 bits per heavy atom. The van der Waals surface area contributed by atoms with Crippen molar-refractivity contribution in [1.29, 1.82) is 0 Å². The molecule has 38 heavy (non-hydrogen) atoms. The molecule has 8 heteroatoms. The van der Waals surface area contributed by atoms with E-state index in [0.717, 1.165) is 74.6 Å². The predicted molar refractivity (Wildman–Crippen MR) is 145 cm³/mol. The fourth-order valence-electron chi connectivity index (χ4n) is 6.62. The molecule has 3 aliphatic rings. The van der Waals surface area contributed by atoms with Crippen LogP contribution in [-0.2, 0) is 15.9 Å². The number of aromatic nitrogens is 2. The van der Waals surface area contributed by atoms with Gasteiger partial charge in [-0.05, 0) is 76.8 Å². The molecule has 2 aromatic rings. The van der Waals surface area contributed by atoms with Gasteiger partial charge in [-0.2, -0.15) is 0 Å². The molecular formula is C30H44N4O4. The summed E-state index contributed by atoms with van der Waals surface area (Å²) < 4.78 is 17.1. The highest BCUT2D eigenvalue weighted by Crippen LogP contribution is 2.38. The average molecular weight is 525 g/mol. The van der Waals surface area contributed by atoms with E-state index in [0.29, 0.717) is 36.2 Å². The summed E-state index contributed by atoms with van der Waals surface area (Å²) >= 11 is 0. The summed E-state index contributed by atoms with van der Waals surface area (Å²) in [5.41, 5.74) is 2.52. The van der Waals surface area contributed by atoms with Gasteiger partial charge in [-0.25, -0.2) is 9.97 Å². The molecule has 2 aliphatic heterocycles. The van der Waals surface area contributed by atoms with E-state index < -0.39 is 0 Å². The molecule has 0 spiro atoms. The zero-order valence-corrected chi connectivity index (χ0v) is 23.3. The van der Waals surface area contributed by atoms with Crippen LogP contribution in [-0.4, -0.2) is 72.4 Å². The highest BCUT2D eigenvalue weighted by Gasteiger charge is 2.31. The number of likely N-dealkylation sites (tertiary alicyclic amines) is 1. The number of carbonyl (C=O) groups excluding carboxylic acids is 1. The SMILES string of the molecule is CO[C@@H]1COCC[C@@H]1NC1CCN(C(=O)c2ncnc(CC[C@H]3CCC[C@@H](c4ccc(C)o4)C3)c2C)CC1. The molecule has 0 aromatic carbocycles. The van der Waals surface area contributed by atoms with Crippen molar-refractivity contribution in [2.24, 2.45) is 5.92 Å². The van der Waals surface area contributed by atoms with E-state index in [9.17, 15) is 4.79 Å². The zero-order chi connectivity index (χ0) is 26.5. The lowest BCUT2D eigenvalue weighted by molar-refractivity contribution is -0.0533. The van der Waals surface area contributed by atoms with Crippen LogP contribution >= 0.6 is 0 Å². The molecule has 1 aliphatic carbocycles. The van der Waals surface area contributed by atoms with E-state index in [1.165, 1.54) is 25.7 Å². The Balaban J connectivity index is 1.13. The maximum absolute atomic E-state index is 13.4. The van der Waals surface area contributed by atoms with Crippen LogP contribution in [0.4, 0.5) is 0 Å². The number of amides is 1. The lowest BCUT2D eigenvalue weighted by atomic mass is 9.78. The molecule has 0 radical (unpaired) electrons. The summed E-state index contributed by atoms with van der Waals surface area (Å²) in [6, 6.07) is 4.93. The number of nitrogens with one attached hydrogen (secondary N) is 1. The molecule has 5 rings (SSSR count). The van der Waals surface area contributed by atoms with E-state index in [4.69, 9.17) is 13.9 Å². The molecule has 1 saturated carbocycles. The predicted octanol–water partition coefficient (Wildman–Crippen LogP) is 4.59. The highest BCUT2D eigenvalue weighted by atomic mass is 16.5. The molecule has 0 bridgehead atoms. The van der Waals surface area contributed by atoms with Gasteiger partial charge >= 0.3 is 0 Å². The molecule has 2 saturated heterocycles. The van der Waals surface area contributed by atoms with Gasteiger partial charge in [-0.15, -0.1) is 0 Å². The van der Waals surface area contributed by atoms with Crippen LogP contribution in [0.5, 0.6) is 0 Å². The first-order valence-electron chi connectivity index (χ1n) is 14.5. The highest BCUT2D eigenvalue weighted by molar-refractivity contribution is 5.93. The number of nitrogens with zero attached hydrogens (tertiary/aromatic N) is 3. The quantitative estimate of drug-likeness (QED) is 0.540.